The van der Waals surface area contributed by atoms with Crippen LogP contribution in [0.5, 0.6) is 0 Å². The van der Waals surface area contributed by atoms with Gasteiger partial charge in [-0.15, -0.1) is 0 Å². The molecule has 1 heterocycles. The summed E-state index contributed by atoms with van der Waals surface area (Å²) in [5, 5.41) is 0. The normalized spacial score (nSPS) is 51.6. The van der Waals surface area contributed by atoms with Crippen molar-refractivity contribution in [1.29, 1.82) is 0 Å². The first-order chi connectivity index (χ1) is 12.8. The molecule has 0 spiro atoms. The van der Waals surface area contributed by atoms with Gasteiger partial charge in [-0.05, 0) is 67.6 Å². The van der Waals surface area contributed by atoms with Gasteiger partial charge in [0, 0.05) is 31.1 Å². The molecule has 5 aliphatic rings. The Bertz CT molecular complexity index is 665. The molecule has 150 valence electrons. The zero-order valence-corrected chi connectivity index (χ0v) is 17.1. The predicted octanol–water partition coefficient (Wildman–Crippen LogP) is 4.16. The zero-order valence-electron chi connectivity index (χ0n) is 17.1. The molecule has 0 aromatic heterocycles. The molecule has 4 saturated carbocycles. The number of rotatable bonds is 1. The molecule has 7 atom stereocenters. The molecule has 0 N–H and O–H groups in total. The first kappa shape index (κ1) is 18.3. The topological polar surface area (TPSA) is 52.6 Å². The minimum absolute atomic E-state index is 0.00891. The second-order valence-corrected chi connectivity index (χ2v) is 10.8. The molecule has 0 amide bonds. The molecule has 7 unspecified atom stereocenters. The molecule has 5 rings (SSSR count). The fraction of sp³-hybridized carbons (Fsp3) is 0.913. The first-order valence-electron chi connectivity index (χ1n) is 11.1. The second-order valence-electron chi connectivity index (χ2n) is 10.8. The number of hydrogen-bond donors (Lipinski definition) is 0. The third-order valence-corrected chi connectivity index (χ3v) is 9.66. The van der Waals surface area contributed by atoms with Crippen LogP contribution >= 0.6 is 0 Å². The van der Waals surface area contributed by atoms with E-state index in [1.807, 2.05) is 0 Å². The largest absolute Gasteiger partial charge is 0.348 e. The van der Waals surface area contributed by atoms with Crippen LogP contribution in [0.2, 0.25) is 0 Å². The summed E-state index contributed by atoms with van der Waals surface area (Å²) in [5.41, 5.74) is 0.0304. The minimum Gasteiger partial charge on any atom is -0.348 e. The third-order valence-electron chi connectivity index (χ3n) is 9.66. The minimum atomic E-state index is -0.519. The van der Waals surface area contributed by atoms with Crippen LogP contribution in [0.25, 0.3) is 0 Å². The second kappa shape index (κ2) is 5.89. The lowest BCUT2D eigenvalue weighted by molar-refractivity contribution is -0.216. The van der Waals surface area contributed by atoms with Crippen molar-refractivity contribution in [3.05, 3.63) is 0 Å². The predicted molar refractivity (Wildman–Crippen MR) is 101 cm³/mol. The maximum absolute atomic E-state index is 13.6. The van der Waals surface area contributed by atoms with Gasteiger partial charge in [0.1, 0.15) is 11.6 Å². The van der Waals surface area contributed by atoms with Crippen LogP contribution in [0.4, 0.5) is 0 Å². The van der Waals surface area contributed by atoms with Crippen LogP contribution in [0.3, 0.4) is 0 Å². The lowest BCUT2D eigenvalue weighted by Gasteiger charge is -2.59. The lowest BCUT2D eigenvalue weighted by Crippen LogP contribution is -2.58. The van der Waals surface area contributed by atoms with Gasteiger partial charge < -0.3 is 9.47 Å². The molecule has 4 heteroatoms. The summed E-state index contributed by atoms with van der Waals surface area (Å²) in [6.45, 7) is 8.11. The summed E-state index contributed by atoms with van der Waals surface area (Å²) in [6, 6.07) is 0. The van der Waals surface area contributed by atoms with Crippen molar-refractivity contribution in [3.8, 4) is 0 Å². The van der Waals surface area contributed by atoms with E-state index in [2.05, 4.69) is 20.8 Å². The van der Waals surface area contributed by atoms with Crippen LogP contribution in [0.1, 0.15) is 72.1 Å². The van der Waals surface area contributed by atoms with E-state index in [9.17, 15) is 9.59 Å². The zero-order chi connectivity index (χ0) is 19.0. The first-order valence-corrected chi connectivity index (χ1v) is 11.1. The van der Waals surface area contributed by atoms with Crippen molar-refractivity contribution < 1.29 is 19.1 Å². The molecule has 0 aromatic carbocycles. The maximum atomic E-state index is 13.6. The molecule has 5 fully saturated rings. The molecule has 27 heavy (non-hydrogen) atoms. The summed E-state index contributed by atoms with van der Waals surface area (Å²) in [6.07, 6.45) is 7.51. The number of ether oxygens (including phenoxy) is 2. The van der Waals surface area contributed by atoms with Crippen molar-refractivity contribution in [2.45, 2.75) is 77.9 Å². The molecule has 0 bridgehead atoms. The quantitative estimate of drug-likeness (QED) is 0.692. The Morgan fingerprint density at radius 3 is 2.41 bits per heavy atom. The number of carbonyl (C=O) groups is 2. The highest BCUT2D eigenvalue weighted by Crippen LogP contribution is 2.67. The van der Waals surface area contributed by atoms with Crippen LogP contribution in [0, 0.1) is 40.4 Å². The Balaban J connectivity index is 1.48. The van der Waals surface area contributed by atoms with Crippen LogP contribution in [-0.2, 0) is 19.1 Å². The van der Waals surface area contributed by atoms with E-state index in [-0.39, 0.29) is 16.7 Å². The van der Waals surface area contributed by atoms with Crippen molar-refractivity contribution in [2.24, 2.45) is 40.4 Å². The number of carbonyl (C=O) groups excluding carboxylic acids is 2. The molecular weight excluding hydrogens is 340 g/mol. The summed E-state index contributed by atoms with van der Waals surface area (Å²) < 4.78 is 12.1. The highest BCUT2D eigenvalue weighted by atomic mass is 16.7. The van der Waals surface area contributed by atoms with Crippen molar-refractivity contribution >= 4 is 11.6 Å². The maximum Gasteiger partial charge on any atom is 0.169 e. The number of hydrogen-bond acceptors (Lipinski definition) is 4. The molecule has 0 aromatic rings. The Morgan fingerprint density at radius 2 is 1.67 bits per heavy atom. The molecule has 4 aliphatic carbocycles. The Morgan fingerprint density at radius 1 is 0.926 bits per heavy atom. The average molecular weight is 375 g/mol. The Kier molecular flexibility index (Phi) is 3.99. The fourth-order valence-electron chi connectivity index (χ4n) is 8.45. The molecule has 0 radical (unpaired) electrons. The van der Waals surface area contributed by atoms with Gasteiger partial charge in [0.15, 0.2) is 5.79 Å². The van der Waals surface area contributed by atoms with E-state index in [1.165, 1.54) is 6.42 Å². The van der Waals surface area contributed by atoms with Crippen molar-refractivity contribution in [3.63, 3.8) is 0 Å². The smallest absolute Gasteiger partial charge is 0.169 e. The summed E-state index contributed by atoms with van der Waals surface area (Å²) in [5.74, 6) is 2.33. The Labute approximate surface area is 162 Å². The standard InChI is InChI=1S/C23H34O4/c1-21-9-8-15(24)12-14(21)4-5-16-17-6-7-19(23(3)26-10-11-27-23)22(17,2)13-18(25)20(16)21/h14,16-17,19-20H,4-13H2,1-3H3. The van der Waals surface area contributed by atoms with E-state index in [1.54, 1.807) is 0 Å². The van der Waals surface area contributed by atoms with E-state index >= 15 is 0 Å². The SMILES string of the molecule is CC1(C2CCC3C4CCC5CC(=O)CCC5(C)C4C(=O)CC32C)OCCO1. The lowest BCUT2D eigenvalue weighted by atomic mass is 9.44. The van der Waals surface area contributed by atoms with Gasteiger partial charge >= 0.3 is 0 Å². The van der Waals surface area contributed by atoms with Crippen LogP contribution in [0.15, 0.2) is 0 Å². The summed E-state index contributed by atoms with van der Waals surface area (Å²) in [7, 11) is 0. The van der Waals surface area contributed by atoms with Gasteiger partial charge in [0.25, 0.3) is 0 Å². The Hall–Kier alpha value is -0.740. The van der Waals surface area contributed by atoms with Gasteiger partial charge in [0.05, 0.1) is 13.2 Å². The van der Waals surface area contributed by atoms with Crippen molar-refractivity contribution in [2.75, 3.05) is 13.2 Å². The van der Waals surface area contributed by atoms with Gasteiger partial charge in [-0.1, -0.05) is 13.8 Å². The summed E-state index contributed by atoms with van der Waals surface area (Å²) >= 11 is 0. The van der Waals surface area contributed by atoms with E-state index in [0.29, 0.717) is 67.7 Å². The molecule has 1 aliphatic heterocycles. The van der Waals surface area contributed by atoms with Gasteiger partial charge in [-0.2, -0.15) is 0 Å². The highest BCUT2D eigenvalue weighted by molar-refractivity contribution is 5.85. The monoisotopic (exact) mass is 374 g/mol. The highest BCUT2D eigenvalue weighted by Gasteiger charge is 2.66. The van der Waals surface area contributed by atoms with E-state index in [4.69, 9.17) is 9.47 Å². The van der Waals surface area contributed by atoms with Crippen molar-refractivity contribution in [1.82, 2.24) is 0 Å². The van der Waals surface area contributed by atoms with E-state index in [0.717, 1.165) is 25.7 Å². The van der Waals surface area contributed by atoms with Gasteiger partial charge in [0.2, 0.25) is 0 Å². The van der Waals surface area contributed by atoms with Gasteiger partial charge in [-0.25, -0.2) is 0 Å². The molecular formula is C23H34O4. The summed E-state index contributed by atoms with van der Waals surface area (Å²) in [4.78, 5) is 25.7. The van der Waals surface area contributed by atoms with Gasteiger partial charge in [-0.3, -0.25) is 9.59 Å². The third kappa shape index (κ3) is 2.41. The van der Waals surface area contributed by atoms with Crippen LogP contribution < -0.4 is 0 Å². The average Bonchev–Trinajstić information content (AvgIpc) is 3.19. The number of ketones is 2. The van der Waals surface area contributed by atoms with E-state index < -0.39 is 5.79 Å². The fourth-order valence-corrected chi connectivity index (χ4v) is 8.45. The molecule has 4 nitrogen and oxygen atoms in total. The molecule has 1 saturated heterocycles. The number of fused-ring (bicyclic) bond motifs is 5. The number of Topliss-reactive ketones (excluding diaryl/α,β-unsaturated/α-hetero) is 2. The van der Waals surface area contributed by atoms with Crippen LogP contribution in [-0.4, -0.2) is 30.6 Å².